The molecule has 4 heteroatoms. The lowest BCUT2D eigenvalue weighted by atomic mass is 10.1. The number of methoxy groups -OCH3 is 1. The normalized spacial score (nSPS) is 21.9. The number of likely N-dealkylation sites (N-methyl/N-ethyl adjacent to an activating group) is 1. The number of carbonyl (C=O) groups excluding carboxylic acids is 1. The van der Waals surface area contributed by atoms with Crippen LogP contribution in [0.2, 0.25) is 0 Å². The van der Waals surface area contributed by atoms with E-state index in [-0.39, 0.29) is 5.91 Å². The Hall–Kier alpha value is -0.610. The third kappa shape index (κ3) is 2.95. The van der Waals surface area contributed by atoms with Crippen molar-refractivity contribution in [3.63, 3.8) is 0 Å². The Kier molecular flexibility index (Phi) is 4.33. The van der Waals surface area contributed by atoms with E-state index in [0.717, 1.165) is 25.9 Å². The molecule has 0 bridgehead atoms. The molecular formula is C12H24N2O2. The van der Waals surface area contributed by atoms with Gasteiger partial charge in [0.15, 0.2) is 0 Å². The monoisotopic (exact) mass is 228 g/mol. The van der Waals surface area contributed by atoms with E-state index in [1.165, 1.54) is 0 Å². The molecule has 1 heterocycles. The van der Waals surface area contributed by atoms with Gasteiger partial charge in [0.2, 0.25) is 0 Å². The summed E-state index contributed by atoms with van der Waals surface area (Å²) < 4.78 is 5.26. The number of hydrogen-bond donors (Lipinski definition) is 0. The minimum absolute atomic E-state index is 0.111. The smallest absolute Gasteiger partial charge is 0.254 e. The maximum Gasteiger partial charge on any atom is 0.254 e. The summed E-state index contributed by atoms with van der Waals surface area (Å²) in [6.07, 6.45) is 2.20. The van der Waals surface area contributed by atoms with Crippen molar-refractivity contribution in [2.75, 3.05) is 34.3 Å². The summed E-state index contributed by atoms with van der Waals surface area (Å²) in [6, 6.07) is 0.344. The van der Waals surface area contributed by atoms with Crippen LogP contribution in [0, 0.1) is 0 Å². The molecule has 1 saturated heterocycles. The number of nitrogens with zero attached hydrogens (tertiary/aromatic N) is 2. The molecule has 0 radical (unpaired) electrons. The zero-order valence-electron chi connectivity index (χ0n) is 11.1. The van der Waals surface area contributed by atoms with Crippen LogP contribution in [0.1, 0.15) is 26.7 Å². The average Bonchev–Trinajstić information content (AvgIpc) is 2.63. The molecule has 94 valence electrons. The van der Waals surface area contributed by atoms with Gasteiger partial charge in [-0.25, -0.2) is 0 Å². The fourth-order valence-electron chi connectivity index (χ4n) is 2.15. The first-order valence-corrected chi connectivity index (χ1v) is 5.89. The van der Waals surface area contributed by atoms with Crippen molar-refractivity contribution < 1.29 is 9.53 Å². The van der Waals surface area contributed by atoms with Crippen molar-refractivity contribution >= 4 is 5.91 Å². The van der Waals surface area contributed by atoms with Crippen LogP contribution in [0.5, 0.6) is 0 Å². The second-order valence-corrected chi connectivity index (χ2v) is 5.27. The maximum atomic E-state index is 12.3. The standard InChI is InChI=1S/C12H24N2O2/c1-12(2,16-5)11(15)14-8-6-7-10(14)9-13(3)4/h10H,6-9H2,1-5H3. The fourth-order valence-corrected chi connectivity index (χ4v) is 2.15. The van der Waals surface area contributed by atoms with Crippen LogP contribution in [0.4, 0.5) is 0 Å². The fraction of sp³-hybridized carbons (Fsp3) is 0.917. The summed E-state index contributed by atoms with van der Waals surface area (Å²) in [7, 11) is 5.68. The predicted molar refractivity (Wildman–Crippen MR) is 64.4 cm³/mol. The first-order chi connectivity index (χ1) is 7.38. The molecule has 0 aromatic carbocycles. The van der Waals surface area contributed by atoms with Gasteiger partial charge in [0, 0.05) is 26.2 Å². The number of carbonyl (C=O) groups is 1. The number of likely N-dealkylation sites (tertiary alicyclic amines) is 1. The molecule has 0 spiro atoms. The van der Waals surface area contributed by atoms with Gasteiger partial charge in [-0.15, -0.1) is 0 Å². The Balaban J connectivity index is 2.68. The molecular weight excluding hydrogens is 204 g/mol. The summed E-state index contributed by atoms with van der Waals surface area (Å²) in [5, 5.41) is 0. The number of amides is 1. The lowest BCUT2D eigenvalue weighted by molar-refractivity contribution is -0.152. The highest BCUT2D eigenvalue weighted by molar-refractivity contribution is 5.85. The van der Waals surface area contributed by atoms with Crippen molar-refractivity contribution in [2.24, 2.45) is 0 Å². The third-order valence-electron chi connectivity index (χ3n) is 3.24. The molecule has 0 N–H and O–H groups in total. The van der Waals surface area contributed by atoms with Crippen molar-refractivity contribution in [1.29, 1.82) is 0 Å². The van der Waals surface area contributed by atoms with E-state index in [2.05, 4.69) is 4.90 Å². The van der Waals surface area contributed by atoms with E-state index in [1.54, 1.807) is 7.11 Å². The third-order valence-corrected chi connectivity index (χ3v) is 3.24. The van der Waals surface area contributed by atoms with E-state index in [0.29, 0.717) is 6.04 Å². The summed E-state index contributed by atoms with van der Waals surface area (Å²) in [6.45, 7) is 5.47. The second-order valence-electron chi connectivity index (χ2n) is 5.27. The van der Waals surface area contributed by atoms with Gasteiger partial charge in [0.1, 0.15) is 5.60 Å². The van der Waals surface area contributed by atoms with Gasteiger partial charge in [0.05, 0.1) is 0 Å². The lowest BCUT2D eigenvalue weighted by Crippen LogP contribution is -2.50. The summed E-state index contributed by atoms with van der Waals surface area (Å²) in [5.41, 5.74) is -0.700. The van der Waals surface area contributed by atoms with Crippen LogP contribution in [-0.4, -0.2) is 61.6 Å². The van der Waals surface area contributed by atoms with E-state index < -0.39 is 5.60 Å². The van der Waals surface area contributed by atoms with Crippen LogP contribution < -0.4 is 0 Å². The van der Waals surface area contributed by atoms with Gasteiger partial charge in [-0.2, -0.15) is 0 Å². The minimum Gasteiger partial charge on any atom is -0.369 e. The van der Waals surface area contributed by atoms with Crippen molar-refractivity contribution in [2.45, 2.75) is 38.3 Å². The lowest BCUT2D eigenvalue weighted by Gasteiger charge is -2.33. The first-order valence-electron chi connectivity index (χ1n) is 5.89. The molecule has 0 saturated carbocycles. The van der Waals surface area contributed by atoms with E-state index in [4.69, 9.17) is 4.74 Å². The summed E-state index contributed by atoms with van der Waals surface area (Å²) in [5.74, 6) is 0.111. The van der Waals surface area contributed by atoms with E-state index >= 15 is 0 Å². The van der Waals surface area contributed by atoms with E-state index in [1.807, 2.05) is 32.8 Å². The van der Waals surface area contributed by atoms with Gasteiger partial charge in [0.25, 0.3) is 5.91 Å². The Morgan fingerprint density at radius 3 is 2.62 bits per heavy atom. The van der Waals surface area contributed by atoms with Crippen molar-refractivity contribution in [1.82, 2.24) is 9.80 Å². The minimum atomic E-state index is -0.700. The highest BCUT2D eigenvalue weighted by Crippen LogP contribution is 2.23. The molecule has 16 heavy (non-hydrogen) atoms. The average molecular weight is 228 g/mol. The van der Waals surface area contributed by atoms with Crippen LogP contribution in [0.3, 0.4) is 0 Å². The van der Waals surface area contributed by atoms with Crippen LogP contribution in [0.15, 0.2) is 0 Å². The van der Waals surface area contributed by atoms with Crippen LogP contribution >= 0.6 is 0 Å². The number of hydrogen-bond acceptors (Lipinski definition) is 3. The van der Waals surface area contributed by atoms with Crippen LogP contribution in [0.25, 0.3) is 0 Å². The zero-order chi connectivity index (χ0) is 12.3. The Bertz CT molecular complexity index is 251. The molecule has 1 atom stereocenters. The van der Waals surface area contributed by atoms with E-state index in [9.17, 15) is 4.79 Å². The topological polar surface area (TPSA) is 32.8 Å². The summed E-state index contributed by atoms with van der Waals surface area (Å²) in [4.78, 5) is 16.4. The number of rotatable bonds is 4. The Morgan fingerprint density at radius 1 is 1.50 bits per heavy atom. The predicted octanol–water partition coefficient (Wildman–Crippen LogP) is 0.964. The van der Waals surface area contributed by atoms with Gasteiger partial charge in [-0.05, 0) is 40.8 Å². The zero-order valence-corrected chi connectivity index (χ0v) is 11.1. The SMILES string of the molecule is COC(C)(C)C(=O)N1CCCC1CN(C)C. The van der Waals surface area contributed by atoms with Gasteiger partial charge < -0.3 is 14.5 Å². The molecule has 1 aliphatic rings. The Morgan fingerprint density at radius 2 is 2.12 bits per heavy atom. The van der Waals surface area contributed by atoms with Crippen LogP contribution in [-0.2, 0) is 9.53 Å². The molecule has 0 aromatic rings. The molecule has 1 rings (SSSR count). The van der Waals surface area contributed by atoms with Gasteiger partial charge >= 0.3 is 0 Å². The highest BCUT2D eigenvalue weighted by atomic mass is 16.5. The van der Waals surface area contributed by atoms with Crippen molar-refractivity contribution in [3.8, 4) is 0 Å². The second kappa shape index (κ2) is 5.15. The van der Waals surface area contributed by atoms with Crippen molar-refractivity contribution in [3.05, 3.63) is 0 Å². The first kappa shape index (κ1) is 13.5. The quantitative estimate of drug-likeness (QED) is 0.718. The molecule has 1 aliphatic heterocycles. The molecule has 4 nitrogen and oxygen atoms in total. The highest BCUT2D eigenvalue weighted by Gasteiger charge is 2.37. The maximum absolute atomic E-state index is 12.3. The molecule has 0 aromatic heterocycles. The molecule has 1 fully saturated rings. The van der Waals surface area contributed by atoms with Gasteiger partial charge in [-0.3, -0.25) is 4.79 Å². The largest absolute Gasteiger partial charge is 0.369 e. The molecule has 0 aliphatic carbocycles. The molecule has 1 amide bonds. The number of ether oxygens (including phenoxy) is 1. The Labute approximate surface area is 98.5 Å². The van der Waals surface area contributed by atoms with Gasteiger partial charge in [-0.1, -0.05) is 0 Å². The molecule has 1 unspecified atom stereocenters. The summed E-state index contributed by atoms with van der Waals surface area (Å²) >= 11 is 0.